The van der Waals surface area contributed by atoms with Crippen molar-refractivity contribution >= 4 is 68.2 Å². The molecule has 1 fully saturated rings. The van der Waals surface area contributed by atoms with Crippen LogP contribution in [0.3, 0.4) is 0 Å². The number of amides is 1. The summed E-state index contributed by atoms with van der Waals surface area (Å²) in [4.78, 5) is 22.2. The summed E-state index contributed by atoms with van der Waals surface area (Å²) < 4.78 is 6.46. The van der Waals surface area contributed by atoms with E-state index in [1.807, 2.05) is 24.3 Å². The van der Waals surface area contributed by atoms with E-state index in [-0.39, 0.29) is 18.3 Å². The van der Waals surface area contributed by atoms with Crippen LogP contribution in [-0.2, 0) is 4.74 Å². The van der Waals surface area contributed by atoms with E-state index >= 15 is 0 Å². The molecular formula is C21H22Cl3N3O2S. The topological polar surface area (TPSA) is 45.7 Å². The molecule has 3 aromatic rings. The van der Waals surface area contributed by atoms with Crippen LogP contribution in [-0.4, -0.2) is 55.2 Å². The van der Waals surface area contributed by atoms with Crippen LogP contribution in [0.2, 0.25) is 10.0 Å². The Morgan fingerprint density at radius 3 is 2.70 bits per heavy atom. The fourth-order valence-corrected chi connectivity index (χ4v) is 4.70. The zero-order valence-electron chi connectivity index (χ0n) is 16.2. The third kappa shape index (κ3) is 5.44. The molecule has 1 amide bonds. The number of halogens is 3. The molecule has 1 saturated heterocycles. The van der Waals surface area contributed by atoms with Gasteiger partial charge in [-0.3, -0.25) is 14.6 Å². The molecule has 9 heteroatoms. The lowest BCUT2D eigenvalue weighted by atomic mass is 10.2. The summed E-state index contributed by atoms with van der Waals surface area (Å²) >= 11 is 13.9. The fourth-order valence-electron chi connectivity index (χ4n) is 3.34. The van der Waals surface area contributed by atoms with E-state index in [1.54, 1.807) is 23.1 Å². The second kappa shape index (κ2) is 10.8. The number of hydrogen-bond acceptors (Lipinski definition) is 5. The van der Waals surface area contributed by atoms with Crippen molar-refractivity contribution in [2.24, 2.45) is 0 Å². The van der Waals surface area contributed by atoms with E-state index in [1.165, 1.54) is 11.3 Å². The zero-order chi connectivity index (χ0) is 20.2. The Hall–Kier alpha value is -1.41. The van der Waals surface area contributed by atoms with E-state index < -0.39 is 0 Å². The van der Waals surface area contributed by atoms with Crippen LogP contribution >= 0.6 is 46.9 Å². The maximum atomic E-state index is 13.4. The number of carbonyl (C=O) groups is 1. The van der Waals surface area contributed by atoms with Gasteiger partial charge in [-0.05, 0) is 36.8 Å². The molecule has 160 valence electrons. The summed E-state index contributed by atoms with van der Waals surface area (Å²) in [6, 6.07) is 12.8. The summed E-state index contributed by atoms with van der Waals surface area (Å²) in [7, 11) is 0. The first-order valence-corrected chi connectivity index (χ1v) is 11.1. The number of morpholine rings is 1. The lowest BCUT2D eigenvalue weighted by Crippen LogP contribution is -2.39. The van der Waals surface area contributed by atoms with Gasteiger partial charge in [0.1, 0.15) is 0 Å². The minimum atomic E-state index is -0.182. The number of carbonyl (C=O) groups excluding carboxylic acids is 1. The predicted octanol–water partition coefficient (Wildman–Crippen LogP) is 5.39. The third-order valence-corrected chi connectivity index (χ3v) is 6.50. The highest BCUT2D eigenvalue weighted by Gasteiger charge is 2.24. The van der Waals surface area contributed by atoms with Crippen molar-refractivity contribution in [2.45, 2.75) is 6.42 Å². The Labute approximate surface area is 195 Å². The second-order valence-electron chi connectivity index (χ2n) is 6.85. The average Bonchev–Trinajstić information content (AvgIpc) is 3.17. The summed E-state index contributed by atoms with van der Waals surface area (Å²) in [5.41, 5.74) is 1.28. The van der Waals surface area contributed by atoms with Crippen molar-refractivity contribution in [3.05, 3.63) is 58.1 Å². The molecule has 0 atom stereocenters. The van der Waals surface area contributed by atoms with Crippen LogP contribution in [0, 0.1) is 0 Å². The first-order chi connectivity index (χ1) is 14.1. The van der Waals surface area contributed by atoms with Crippen molar-refractivity contribution in [3.63, 3.8) is 0 Å². The Balaban J connectivity index is 0.00000256. The van der Waals surface area contributed by atoms with E-state index in [9.17, 15) is 4.79 Å². The van der Waals surface area contributed by atoms with Gasteiger partial charge in [-0.25, -0.2) is 4.98 Å². The van der Waals surface area contributed by atoms with Crippen LogP contribution < -0.4 is 4.90 Å². The monoisotopic (exact) mass is 485 g/mol. The van der Waals surface area contributed by atoms with Gasteiger partial charge in [0.15, 0.2) is 5.13 Å². The molecular weight excluding hydrogens is 465 g/mol. The maximum Gasteiger partial charge on any atom is 0.261 e. The normalized spacial score (nSPS) is 14.5. The second-order valence-corrected chi connectivity index (χ2v) is 8.71. The van der Waals surface area contributed by atoms with E-state index in [0.29, 0.717) is 27.3 Å². The van der Waals surface area contributed by atoms with Gasteiger partial charge in [0.25, 0.3) is 5.91 Å². The van der Waals surface area contributed by atoms with E-state index in [4.69, 9.17) is 32.9 Å². The molecule has 0 N–H and O–H groups in total. The molecule has 0 saturated carbocycles. The lowest BCUT2D eigenvalue weighted by molar-refractivity contribution is 0.0376. The number of thiazole rings is 1. The van der Waals surface area contributed by atoms with Crippen molar-refractivity contribution in [1.29, 1.82) is 0 Å². The van der Waals surface area contributed by atoms with Crippen LogP contribution in [0.4, 0.5) is 5.13 Å². The van der Waals surface area contributed by atoms with Crippen LogP contribution in [0.5, 0.6) is 0 Å². The summed E-state index contributed by atoms with van der Waals surface area (Å²) in [5, 5.41) is 1.54. The van der Waals surface area contributed by atoms with Crippen LogP contribution in [0.1, 0.15) is 16.8 Å². The molecule has 0 radical (unpaired) electrons. The Bertz CT molecular complexity index is 975. The van der Waals surface area contributed by atoms with Crippen molar-refractivity contribution in [2.75, 3.05) is 44.3 Å². The molecule has 4 rings (SSSR count). The molecule has 30 heavy (non-hydrogen) atoms. The van der Waals surface area contributed by atoms with Crippen molar-refractivity contribution in [1.82, 2.24) is 9.88 Å². The highest BCUT2D eigenvalue weighted by molar-refractivity contribution is 7.22. The lowest BCUT2D eigenvalue weighted by Gasteiger charge is -2.27. The fraction of sp³-hybridized carbons (Fsp3) is 0.333. The highest BCUT2D eigenvalue weighted by atomic mass is 35.5. The van der Waals surface area contributed by atoms with E-state index in [0.717, 1.165) is 49.5 Å². The quantitative estimate of drug-likeness (QED) is 0.468. The molecule has 0 unspecified atom stereocenters. The minimum absolute atomic E-state index is 0. The number of ether oxygens (including phenoxy) is 1. The van der Waals surface area contributed by atoms with Crippen molar-refractivity contribution in [3.8, 4) is 0 Å². The largest absolute Gasteiger partial charge is 0.379 e. The molecule has 2 heterocycles. The molecule has 1 aliphatic rings. The van der Waals surface area contributed by atoms with Gasteiger partial charge in [-0.1, -0.05) is 46.7 Å². The summed E-state index contributed by atoms with van der Waals surface area (Å²) in [6.07, 6.45) is 0.833. The number of benzene rings is 2. The summed E-state index contributed by atoms with van der Waals surface area (Å²) in [5.74, 6) is -0.182. The van der Waals surface area contributed by atoms with Crippen LogP contribution in [0.15, 0.2) is 42.5 Å². The van der Waals surface area contributed by atoms with Gasteiger partial charge in [0.2, 0.25) is 0 Å². The standard InChI is InChI=1S/C21H21Cl2N3O2S.ClH/c22-15-6-7-17(23)16(14-15)20(27)26(9-3-8-25-10-12-28-13-11-25)21-24-18-4-1-2-5-19(18)29-21;/h1-2,4-7,14H,3,8-13H2;1H. The SMILES string of the molecule is Cl.O=C(c1cc(Cl)ccc1Cl)N(CCCN1CCOCC1)c1nc2ccccc2s1. The van der Waals surface area contributed by atoms with E-state index in [2.05, 4.69) is 4.90 Å². The highest BCUT2D eigenvalue weighted by Crippen LogP contribution is 2.31. The Kier molecular flexibility index (Phi) is 8.34. The number of anilines is 1. The van der Waals surface area contributed by atoms with Gasteiger partial charge in [0, 0.05) is 31.2 Å². The first-order valence-electron chi connectivity index (χ1n) is 9.54. The van der Waals surface area contributed by atoms with Gasteiger partial charge < -0.3 is 4.74 Å². The molecule has 0 aliphatic carbocycles. The smallest absolute Gasteiger partial charge is 0.261 e. The maximum absolute atomic E-state index is 13.4. The molecule has 2 aromatic carbocycles. The number of rotatable bonds is 6. The van der Waals surface area contributed by atoms with Gasteiger partial charge in [-0.2, -0.15) is 0 Å². The zero-order valence-corrected chi connectivity index (χ0v) is 19.4. The van der Waals surface area contributed by atoms with Gasteiger partial charge in [-0.15, -0.1) is 12.4 Å². The Morgan fingerprint density at radius 2 is 1.93 bits per heavy atom. The number of hydrogen-bond donors (Lipinski definition) is 0. The predicted molar refractivity (Wildman–Crippen MR) is 127 cm³/mol. The van der Waals surface area contributed by atoms with Gasteiger partial charge in [0.05, 0.1) is 34.0 Å². The van der Waals surface area contributed by atoms with Gasteiger partial charge >= 0.3 is 0 Å². The molecule has 5 nitrogen and oxygen atoms in total. The van der Waals surface area contributed by atoms with Crippen LogP contribution in [0.25, 0.3) is 10.2 Å². The molecule has 0 spiro atoms. The number of fused-ring (bicyclic) bond motifs is 1. The number of nitrogens with zero attached hydrogens (tertiary/aromatic N) is 3. The molecule has 1 aromatic heterocycles. The number of aromatic nitrogens is 1. The third-order valence-electron chi connectivity index (χ3n) is 4.88. The number of para-hydroxylation sites is 1. The van der Waals surface area contributed by atoms with Crippen molar-refractivity contribution < 1.29 is 9.53 Å². The average molecular weight is 487 g/mol. The molecule has 0 bridgehead atoms. The first kappa shape index (κ1) is 23.3. The minimum Gasteiger partial charge on any atom is -0.379 e. The summed E-state index contributed by atoms with van der Waals surface area (Å²) in [6.45, 7) is 4.84. The Morgan fingerprint density at radius 1 is 1.17 bits per heavy atom. The molecule has 1 aliphatic heterocycles.